The van der Waals surface area contributed by atoms with Crippen molar-refractivity contribution in [1.29, 1.82) is 0 Å². The first-order valence-electron chi connectivity index (χ1n) is 20.5. The minimum atomic E-state index is -4.73. The van der Waals surface area contributed by atoms with Crippen LogP contribution in [-0.2, 0) is 37.5 Å². The molecule has 55 heavy (non-hydrogen) atoms. The summed E-state index contributed by atoms with van der Waals surface area (Å²) >= 11 is 0. The summed E-state index contributed by atoms with van der Waals surface area (Å²) in [6.45, 7) is 2.59. The predicted molar refractivity (Wildman–Crippen MR) is 221 cm³/mol. The molecule has 0 aliphatic rings. The zero-order valence-electron chi connectivity index (χ0n) is 33.7. The lowest BCUT2D eigenvalue weighted by atomic mass is 10.0. The number of allylic oxidation sites excluding steroid dienone is 12. The third-order valence-electron chi connectivity index (χ3n) is 8.23. The number of carbonyl (C=O) groups excluding carboxylic acids is 2. The summed E-state index contributed by atoms with van der Waals surface area (Å²) < 4.78 is 32.5. The largest absolute Gasteiger partial charge is 0.480 e. The number of unbranched alkanes of at least 4 members (excludes halogenated alkanes) is 11. The van der Waals surface area contributed by atoms with Crippen LogP contribution in [0.25, 0.3) is 0 Å². The number of phosphoric acid groups is 1. The lowest BCUT2D eigenvalue weighted by Gasteiger charge is -2.20. The molecule has 0 aromatic heterocycles. The third-order valence-corrected chi connectivity index (χ3v) is 9.18. The highest BCUT2D eigenvalue weighted by atomic mass is 31.2. The van der Waals surface area contributed by atoms with Crippen LogP contribution >= 0.6 is 7.82 Å². The number of hydrogen-bond acceptors (Lipinski definition) is 9. The number of rotatable bonds is 37. The average molecular weight is 794 g/mol. The summed E-state index contributed by atoms with van der Waals surface area (Å²) in [5.74, 6) is -2.49. The second kappa shape index (κ2) is 37.8. The normalized spacial score (nSPS) is 14.5. The molecule has 0 aromatic rings. The van der Waals surface area contributed by atoms with E-state index in [-0.39, 0.29) is 19.4 Å². The van der Waals surface area contributed by atoms with Crippen molar-refractivity contribution in [1.82, 2.24) is 0 Å². The van der Waals surface area contributed by atoms with Gasteiger partial charge in [0.2, 0.25) is 0 Å². The van der Waals surface area contributed by atoms with E-state index in [1.165, 1.54) is 51.4 Å². The molecule has 3 unspecified atom stereocenters. The van der Waals surface area contributed by atoms with Crippen molar-refractivity contribution in [3.05, 3.63) is 72.9 Å². The van der Waals surface area contributed by atoms with E-state index in [2.05, 4.69) is 73.1 Å². The second-order valence-corrected chi connectivity index (χ2v) is 14.8. The molecule has 11 nitrogen and oxygen atoms in total. The fraction of sp³-hybridized carbons (Fsp3) is 0.651. The number of carboxylic acids is 1. The highest BCUT2D eigenvalue weighted by Gasteiger charge is 2.28. The third kappa shape index (κ3) is 37.6. The highest BCUT2D eigenvalue weighted by Crippen LogP contribution is 2.43. The Kier molecular flexibility index (Phi) is 35.7. The molecule has 314 valence electrons. The van der Waals surface area contributed by atoms with Crippen molar-refractivity contribution in [3.63, 3.8) is 0 Å². The van der Waals surface area contributed by atoms with Gasteiger partial charge in [-0.05, 0) is 51.4 Å². The number of carboxylic acid groups (broad SMARTS) is 1. The Bertz CT molecular complexity index is 1210. The molecule has 0 amide bonds. The van der Waals surface area contributed by atoms with Crippen LogP contribution in [0.4, 0.5) is 0 Å². The Labute approximate surface area is 331 Å². The van der Waals surface area contributed by atoms with Crippen LogP contribution in [0.2, 0.25) is 0 Å². The molecule has 0 radical (unpaired) electrons. The van der Waals surface area contributed by atoms with Gasteiger partial charge in [0, 0.05) is 12.8 Å². The summed E-state index contributed by atoms with van der Waals surface area (Å²) in [6.07, 6.45) is 44.1. The van der Waals surface area contributed by atoms with Crippen molar-refractivity contribution in [2.45, 2.75) is 161 Å². The van der Waals surface area contributed by atoms with E-state index in [0.717, 1.165) is 51.4 Å². The maximum absolute atomic E-state index is 12.6. The number of hydrogen-bond donors (Lipinski definition) is 3. The van der Waals surface area contributed by atoms with E-state index >= 15 is 0 Å². The van der Waals surface area contributed by atoms with E-state index in [4.69, 9.17) is 24.8 Å². The number of carbonyl (C=O) groups is 3. The fourth-order valence-electron chi connectivity index (χ4n) is 5.03. The maximum Gasteiger partial charge on any atom is 0.472 e. The zero-order valence-corrected chi connectivity index (χ0v) is 34.6. The lowest BCUT2D eigenvalue weighted by Crippen LogP contribution is -2.34. The first-order chi connectivity index (χ1) is 26.6. The summed E-state index contributed by atoms with van der Waals surface area (Å²) in [5.41, 5.74) is 5.32. The Balaban J connectivity index is 4.54. The van der Waals surface area contributed by atoms with Gasteiger partial charge in [0.25, 0.3) is 0 Å². The highest BCUT2D eigenvalue weighted by molar-refractivity contribution is 7.47. The van der Waals surface area contributed by atoms with Crippen LogP contribution in [-0.4, -0.2) is 59.9 Å². The summed E-state index contributed by atoms with van der Waals surface area (Å²) in [7, 11) is -4.73. The molecule has 0 fully saturated rings. The van der Waals surface area contributed by atoms with Crippen molar-refractivity contribution in [2.75, 3.05) is 19.8 Å². The van der Waals surface area contributed by atoms with Gasteiger partial charge in [-0.2, -0.15) is 0 Å². The standard InChI is InChI=1S/C43H72NO10P/c1-3-5-7-9-11-13-15-17-18-19-20-21-22-23-25-27-29-31-33-35-42(46)54-39(37-52-55(49,50)53-38-40(44)43(47)48)36-51-41(45)34-32-30-28-26-24-16-14-12-10-8-6-4-2/h5,7,11,13,17-18,20-21,23,25,29,31,39-40H,3-4,6,8-10,12,14-16,19,22,24,26-28,30,32-38,44H2,1-2H3,(H,47,48)(H,49,50)/b7-5-,13-11-,18-17-,21-20-,25-23-,31-29-. The monoisotopic (exact) mass is 793 g/mol. The van der Waals surface area contributed by atoms with Crippen LogP contribution in [0.1, 0.15) is 149 Å². The van der Waals surface area contributed by atoms with Gasteiger partial charge in [0.15, 0.2) is 6.10 Å². The minimum absolute atomic E-state index is 0.0339. The average Bonchev–Trinajstić information content (AvgIpc) is 3.16. The second-order valence-electron chi connectivity index (χ2n) is 13.4. The molecule has 0 heterocycles. The van der Waals surface area contributed by atoms with E-state index in [1.54, 1.807) is 0 Å². The van der Waals surface area contributed by atoms with E-state index in [1.807, 2.05) is 18.2 Å². The van der Waals surface area contributed by atoms with Gasteiger partial charge in [0.05, 0.1) is 13.2 Å². The van der Waals surface area contributed by atoms with Crippen LogP contribution in [0.5, 0.6) is 0 Å². The molecular formula is C43H72NO10P. The van der Waals surface area contributed by atoms with Gasteiger partial charge in [-0.1, -0.05) is 157 Å². The molecule has 0 rings (SSSR count). The van der Waals surface area contributed by atoms with Crippen LogP contribution < -0.4 is 5.73 Å². The molecular weight excluding hydrogens is 721 g/mol. The molecule has 0 aliphatic heterocycles. The smallest absolute Gasteiger partial charge is 0.472 e. The topological polar surface area (TPSA) is 172 Å². The molecule has 3 atom stereocenters. The maximum atomic E-state index is 12.6. The Hall–Kier alpha value is -3.08. The minimum Gasteiger partial charge on any atom is -0.480 e. The number of phosphoric ester groups is 1. The van der Waals surface area contributed by atoms with Crippen molar-refractivity contribution < 1.29 is 47.5 Å². The quantitative estimate of drug-likeness (QED) is 0.0236. The van der Waals surface area contributed by atoms with Gasteiger partial charge < -0.3 is 25.2 Å². The van der Waals surface area contributed by atoms with E-state index in [0.29, 0.717) is 19.3 Å². The summed E-state index contributed by atoms with van der Waals surface area (Å²) in [4.78, 5) is 45.8. The van der Waals surface area contributed by atoms with E-state index in [9.17, 15) is 23.8 Å². The molecule has 0 saturated heterocycles. The Morgan fingerprint density at radius 2 is 1.02 bits per heavy atom. The lowest BCUT2D eigenvalue weighted by molar-refractivity contribution is -0.161. The number of aliphatic carboxylic acids is 1. The number of nitrogens with two attached hydrogens (primary N) is 1. The van der Waals surface area contributed by atoms with Crippen molar-refractivity contribution in [2.24, 2.45) is 5.73 Å². The Morgan fingerprint density at radius 3 is 1.49 bits per heavy atom. The first-order valence-corrected chi connectivity index (χ1v) is 22.0. The van der Waals surface area contributed by atoms with Gasteiger partial charge in [-0.25, -0.2) is 4.57 Å². The molecule has 0 aromatic carbocycles. The predicted octanol–water partition coefficient (Wildman–Crippen LogP) is 10.6. The number of ether oxygens (including phenoxy) is 2. The van der Waals surface area contributed by atoms with Crippen LogP contribution in [0.3, 0.4) is 0 Å². The van der Waals surface area contributed by atoms with Crippen molar-refractivity contribution in [3.8, 4) is 0 Å². The summed E-state index contributed by atoms with van der Waals surface area (Å²) in [6, 6.07) is -1.53. The zero-order chi connectivity index (χ0) is 40.7. The number of esters is 2. The molecule has 0 saturated carbocycles. The Morgan fingerprint density at radius 1 is 0.582 bits per heavy atom. The van der Waals surface area contributed by atoms with Crippen molar-refractivity contribution >= 4 is 25.7 Å². The molecule has 0 spiro atoms. The molecule has 0 aliphatic carbocycles. The molecule has 4 N–H and O–H groups in total. The van der Waals surface area contributed by atoms with Gasteiger partial charge in [0.1, 0.15) is 12.6 Å². The van der Waals surface area contributed by atoms with Gasteiger partial charge in [-0.15, -0.1) is 0 Å². The van der Waals surface area contributed by atoms with E-state index < -0.39 is 51.1 Å². The first kappa shape index (κ1) is 51.9. The fourth-order valence-corrected chi connectivity index (χ4v) is 5.81. The SMILES string of the molecule is CC/C=C\C/C=C\C/C=C\C/C=C\C/C=C\C/C=C\CCC(=O)OC(COC(=O)CCCCCCCCCCCCCC)COP(=O)(O)OCC(N)C(=O)O. The van der Waals surface area contributed by atoms with Crippen LogP contribution in [0, 0.1) is 0 Å². The van der Waals surface area contributed by atoms with Gasteiger partial charge >= 0.3 is 25.7 Å². The van der Waals surface area contributed by atoms with Gasteiger partial charge in [-0.3, -0.25) is 23.4 Å². The summed E-state index contributed by atoms with van der Waals surface area (Å²) in [5, 5.41) is 8.87. The molecule has 0 bridgehead atoms. The van der Waals surface area contributed by atoms with Crippen LogP contribution in [0.15, 0.2) is 72.9 Å². The molecule has 12 heteroatoms.